The molecule has 3 atom stereocenters. The summed E-state index contributed by atoms with van der Waals surface area (Å²) in [6.07, 6.45) is -0.455. The second-order valence-corrected chi connectivity index (χ2v) is 3.91. The Morgan fingerprint density at radius 2 is 2.07 bits per heavy atom. The van der Waals surface area contributed by atoms with Gasteiger partial charge in [0.1, 0.15) is 0 Å². The number of aliphatic hydroxyl groups is 1. The summed E-state index contributed by atoms with van der Waals surface area (Å²) < 4.78 is 11.2. The molecule has 0 amide bonds. The Bertz CT molecular complexity index is 299. The van der Waals surface area contributed by atoms with Crippen LogP contribution in [0.5, 0.6) is 0 Å². The molecule has 0 spiro atoms. The minimum absolute atomic E-state index is 0.0495. The second kappa shape index (κ2) is 4.75. The average Bonchev–Trinajstić information content (AvgIpc) is 2.31. The van der Waals surface area contributed by atoms with Gasteiger partial charge in [0.2, 0.25) is 0 Å². The standard InChI is InChI=1S/C12H16O3/c1-9-8-14-12(15-11(9)7-13)10-5-3-2-4-6-10/h2-6,9,11-13H,7-8H2,1H3/t9?,11-,12?/m0/s1. The van der Waals surface area contributed by atoms with E-state index in [-0.39, 0.29) is 24.9 Å². The van der Waals surface area contributed by atoms with Crippen LogP contribution in [0.4, 0.5) is 0 Å². The molecule has 1 heterocycles. The molecule has 0 aliphatic carbocycles. The van der Waals surface area contributed by atoms with E-state index in [2.05, 4.69) is 0 Å². The molecule has 3 nitrogen and oxygen atoms in total. The third-order valence-electron chi connectivity index (χ3n) is 2.70. The number of aliphatic hydroxyl groups excluding tert-OH is 1. The second-order valence-electron chi connectivity index (χ2n) is 3.91. The molecule has 1 N–H and O–H groups in total. The van der Waals surface area contributed by atoms with Gasteiger partial charge in [0.25, 0.3) is 0 Å². The van der Waals surface area contributed by atoms with E-state index in [9.17, 15) is 0 Å². The number of benzene rings is 1. The smallest absolute Gasteiger partial charge is 0.184 e. The molecule has 1 aromatic rings. The van der Waals surface area contributed by atoms with Crippen LogP contribution in [-0.4, -0.2) is 24.4 Å². The van der Waals surface area contributed by atoms with Crippen molar-refractivity contribution in [2.75, 3.05) is 13.2 Å². The third kappa shape index (κ3) is 2.37. The van der Waals surface area contributed by atoms with Gasteiger partial charge < -0.3 is 14.6 Å². The summed E-state index contributed by atoms with van der Waals surface area (Å²) >= 11 is 0. The molecule has 0 radical (unpaired) electrons. The summed E-state index contributed by atoms with van der Waals surface area (Å²) in [6, 6.07) is 9.80. The molecule has 0 bridgehead atoms. The van der Waals surface area contributed by atoms with Crippen LogP contribution in [0.25, 0.3) is 0 Å². The van der Waals surface area contributed by atoms with Crippen molar-refractivity contribution in [2.24, 2.45) is 5.92 Å². The first-order valence-electron chi connectivity index (χ1n) is 5.24. The highest BCUT2D eigenvalue weighted by Crippen LogP contribution is 2.28. The summed E-state index contributed by atoms with van der Waals surface area (Å²) in [6.45, 7) is 2.70. The molecule has 1 aromatic carbocycles. The lowest BCUT2D eigenvalue weighted by Gasteiger charge is -2.34. The highest BCUT2D eigenvalue weighted by Gasteiger charge is 2.29. The van der Waals surface area contributed by atoms with Crippen LogP contribution in [0.2, 0.25) is 0 Å². The van der Waals surface area contributed by atoms with E-state index in [1.165, 1.54) is 0 Å². The van der Waals surface area contributed by atoms with E-state index < -0.39 is 0 Å². The largest absolute Gasteiger partial charge is 0.394 e. The van der Waals surface area contributed by atoms with E-state index in [0.717, 1.165) is 5.56 Å². The fourth-order valence-corrected chi connectivity index (χ4v) is 1.69. The number of hydrogen-bond acceptors (Lipinski definition) is 3. The van der Waals surface area contributed by atoms with Crippen molar-refractivity contribution < 1.29 is 14.6 Å². The lowest BCUT2D eigenvalue weighted by molar-refractivity contribution is -0.245. The van der Waals surface area contributed by atoms with E-state index in [0.29, 0.717) is 6.61 Å². The molecule has 1 saturated heterocycles. The highest BCUT2D eigenvalue weighted by atomic mass is 16.7. The number of rotatable bonds is 2. The summed E-state index contributed by atoms with van der Waals surface area (Å²) in [5.74, 6) is 0.245. The summed E-state index contributed by atoms with van der Waals surface area (Å²) in [5.41, 5.74) is 1.00. The van der Waals surface area contributed by atoms with Gasteiger partial charge >= 0.3 is 0 Å². The Labute approximate surface area is 89.6 Å². The van der Waals surface area contributed by atoms with E-state index in [4.69, 9.17) is 14.6 Å². The van der Waals surface area contributed by atoms with Crippen molar-refractivity contribution in [1.29, 1.82) is 0 Å². The SMILES string of the molecule is CC1COC(c2ccccc2)O[C@H]1CO. The van der Waals surface area contributed by atoms with Gasteiger partial charge in [-0.15, -0.1) is 0 Å². The zero-order valence-corrected chi connectivity index (χ0v) is 8.80. The Kier molecular flexibility index (Phi) is 3.36. The Morgan fingerprint density at radius 1 is 1.33 bits per heavy atom. The van der Waals surface area contributed by atoms with Crippen LogP contribution in [0, 0.1) is 5.92 Å². The Hall–Kier alpha value is -0.900. The van der Waals surface area contributed by atoms with Gasteiger partial charge in [-0.05, 0) is 0 Å². The molecular formula is C12H16O3. The summed E-state index contributed by atoms with van der Waals surface area (Å²) in [7, 11) is 0. The zero-order valence-electron chi connectivity index (χ0n) is 8.80. The van der Waals surface area contributed by atoms with E-state index >= 15 is 0 Å². The first-order valence-corrected chi connectivity index (χ1v) is 5.24. The zero-order chi connectivity index (χ0) is 10.7. The molecule has 0 aromatic heterocycles. The molecule has 1 fully saturated rings. The lowest BCUT2D eigenvalue weighted by Crippen LogP contribution is -2.36. The van der Waals surface area contributed by atoms with Crippen LogP contribution in [0.15, 0.2) is 30.3 Å². The first-order chi connectivity index (χ1) is 7.31. The van der Waals surface area contributed by atoms with Crippen molar-refractivity contribution in [3.63, 3.8) is 0 Å². The fourth-order valence-electron chi connectivity index (χ4n) is 1.69. The predicted molar refractivity (Wildman–Crippen MR) is 56.3 cm³/mol. The Morgan fingerprint density at radius 3 is 2.73 bits per heavy atom. The average molecular weight is 208 g/mol. The molecule has 3 heteroatoms. The van der Waals surface area contributed by atoms with Gasteiger partial charge in [-0.2, -0.15) is 0 Å². The van der Waals surface area contributed by atoms with Crippen LogP contribution in [0.1, 0.15) is 18.8 Å². The van der Waals surface area contributed by atoms with Crippen LogP contribution in [-0.2, 0) is 9.47 Å². The molecule has 1 aliphatic rings. The van der Waals surface area contributed by atoms with Crippen molar-refractivity contribution in [3.05, 3.63) is 35.9 Å². The van der Waals surface area contributed by atoms with Crippen molar-refractivity contribution in [3.8, 4) is 0 Å². The summed E-state index contributed by atoms with van der Waals surface area (Å²) in [4.78, 5) is 0. The maximum atomic E-state index is 9.15. The maximum absolute atomic E-state index is 9.15. The highest BCUT2D eigenvalue weighted by molar-refractivity contribution is 5.16. The normalized spacial score (nSPS) is 31.5. The Balaban J connectivity index is 2.06. The van der Waals surface area contributed by atoms with Crippen molar-refractivity contribution in [2.45, 2.75) is 19.3 Å². The molecule has 2 rings (SSSR count). The molecule has 1 aliphatic heterocycles. The van der Waals surface area contributed by atoms with Crippen molar-refractivity contribution >= 4 is 0 Å². The topological polar surface area (TPSA) is 38.7 Å². The predicted octanol–water partition coefficient (Wildman–Crippen LogP) is 1.73. The third-order valence-corrected chi connectivity index (χ3v) is 2.70. The number of hydrogen-bond donors (Lipinski definition) is 1. The molecule has 82 valence electrons. The maximum Gasteiger partial charge on any atom is 0.184 e. The van der Waals surface area contributed by atoms with Gasteiger partial charge in [0.15, 0.2) is 6.29 Å². The van der Waals surface area contributed by atoms with Gasteiger partial charge in [-0.3, -0.25) is 0 Å². The summed E-state index contributed by atoms with van der Waals surface area (Å²) in [5, 5.41) is 9.15. The van der Waals surface area contributed by atoms with Crippen LogP contribution in [0.3, 0.4) is 0 Å². The van der Waals surface area contributed by atoms with Crippen LogP contribution < -0.4 is 0 Å². The minimum Gasteiger partial charge on any atom is -0.394 e. The molecule has 15 heavy (non-hydrogen) atoms. The van der Waals surface area contributed by atoms with Gasteiger partial charge in [0.05, 0.1) is 19.3 Å². The molecule has 2 unspecified atom stereocenters. The van der Waals surface area contributed by atoms with Crippen molar-refractivity contribution in [1.82, 2.24) is 0 Å². The number of ether oxygens (including phenoxy) is 2. The van der Waals surface area contributed by atoms with Crippen LogP contribution >= 0.6 is 0 Å². The fraction of sp³-hybridized carbons (Fsp3) is 0.500. The lowest BCUT2D eigenvalue weighted by atomic mass is 10.1. The van der Waals surface area contributed by atoms with Gasteiger partial charge in [-0.1, -0.05) is 37.3 Å². The molecule has 0 saturated carbocycles. The first kappa shape index (κ1) is 10.6. The van der Waals surface area contributed by atoms with E-state index in [1.807, 2.05) is 37.3 Å². The minimum atomic E-state index is -0.334. The quantitative estimate of drug-likeness (QED) is 0.804. The monoisotopic (exact) mass is 208 g/mol. The molecular weight excluding hydrogens is 192 g/mol. The van der Waals surface area contributed by atoms with E-state index in [1.54, 1.807) is 0 Å². The van der Waals surface area contributed by atoms with Gasteiger partial charge in [-0.25, -0.2) is 0 Å². The van der Waals surface area contributed by atoms with Gasteiger partial charge in [0, 0.05) is 11.5 Å².